The van der Waals surface area contributed by atoms with E-state index in [1.165, 1.54) is 12.1 Å². The molecule has 2 aromatic rings. The summed E-state index contributed by atoms with van der Waals surface area (Å²) in [6, 6.07) is 11.9. The molecule has 0 aliphatic carbocycles. The highest BCUT2D eigenvalue weighted by Gasteiger charge is 2.08. The van der Waals surface area contributed by atoms with Gasteiger partial charge < -0.3 is 20.3 Å². The Kier molecular flexibility index (Phi) is 4.10. The number of methoxy groups -OCH3 is 1. The molecule has 0 radical (unpaired) electrons. The Morgan fingerprint density at radius 3 is 2.60 bits per heavy atom. The predicted molar refractivity (Wildman–Crippen MR) is 75.1 cm³/mol. The number of nitrogens with two attached hydrogens (primary N) is 1. The van der Waals surface area contributed by atoms with Crippen molar-refractivity contribution in [2.75, 3.05) is 12.8 Å². The van der Waals surface area contributed by atoms with Crippen molar-refractivity contribution in [3.05, 3.63) is 53.6 Å². The molecule has 0 aliphatic rings. The van der Waals surface area contributed by atoms with Gasteiger partial charge in [-0.3, -0.25) is 0 Å². The normalized spacial score (nSPS) is 10.1. The van der Waals surface area contributed by atoms with Crippen LogP contribution in [-0.2, 0) is 6.61 Å². The first-order valence-electron chi connectivity index (χ1n) is 5.99. The average molecular weight is 273 g/mol. The van der Waals surface area contributed by atoms with Gasteiger partial charge in [0, 0.05) is 5.56 Å². The molecule has 0 bridgehead atoms. The van der Waals surface area contributed by atoms with Crippen LogP contribution < -0.4 is 15.2 Å². The smallest absolute Gasteiger partial charge is 0.335 e. The number of ether oxygens (including phenoxy) is 2. The Morgan fingerprint density at radius 2 is 1.95 bits per heavy atom. The van der Waals surface area contributed by atoms with Gasteiger partial charge in [0.15, 0.2) is 0 Å². The molecule has 0 saturated heterocycles. The second-order valence-electron chi connectivity index (χ2n) is 4.16. The van der Waals surface area contributed by atoms with E-state index >= 15 is 0 Å². The molecule has 0 atom stereocenters. The molecule has 0 unspecified atom stereocenters. The molecule has 3 N–H and O–H groups in total. The highest BCUT2D eigenvalue weighted by atomic mass is 16.5. The van der Waals surface area contributed by atoms with Crippen LogP contribution in [0.5, 0.6) is 11.5 Å². The number of rotatable bonds is 5. The molecule has 0 amide bonds. The Labute approximate surface area is 116 Å². The Hall–Kier alpha value is -2.69. The van der Waals surface area contributed by atoms with E-state index in [2.05, 4.69) is 0 Å². The van der Waals surface area contributed by atoms with Crippen molar-refractivity contribution in [2.24, 2.45) is 0 Å². The zero-order chi connectivity index (χ0) is 14.5. The predicted octanol–water partition coefficient (Wildman–Crippen LogP) is 2.55. The first-order chi connectivity index (χ1) is 9.61. The number of carbonyl (C=O) groups is 1. The number of nitrogen functional groups attached to an aromatic ring is 1. The Bertz CT molecular complexity index is 625. The first kappa shape index (κ1) is 13.7. The number of anilines is 1. The average Bonchev–Trinajstić information content (AvgIpc) is 2.46. The highest BCUT2D eigenvalue weighted by molar-refractivity contribution is 5.89. The maximum atomic E-state index is 10.8. The van der Waals surface area contributed by atoms with Crippen molar-refractivity contribution < 1.29 is 19.4 Å². The van der Waals surface area contributed by atoms with Crippen LogP contribution in [0, 0.1) is 0 Å². The molecule has 0 aliphatic heterocycles. The monoisotopic (exact) mass is 273 g/mol. The fraction of sp³-hybridized carbons (Fsp3) is 0.133. The molecule has 0 fully saturated rings. The number of benzene rings is 2. The maximum absolute atomic E-state index is 10.8. The van der Waals surface area contributed by atoms with E-state index in [-0.39, 0.29) is 5.56 Å². The van der Waals surface area contributed by atoms with Crippen LogP contribution in [-0.4, -0.2) is 18.2 Å². The van der Waals surface area contributed by atoms with Crippen LogP contribution in [0.25, 0.3) is 0 Å². The van der Waals surface area contributed by atoms with Crippen molar-refractivity contribution in [3.8, 4) is 11.5 Å². The summed E-state index contributed by atoms with van der Waals surface area (Å²) in [6.45, 7) is 0.292. The molecule has 20 heavy (non-hydrogen) atoms. The summed E-state index contributed by atoms with van der Waals surface area (Å²) in [4.78, 5) is 10.8. The fourth-order valence-corrected chi connectivity index (χ4v) is 1.79. The van der Waals surface area contributed by atoms with Crippen molar-refractivity contribution in [3.63, 3.8) is 0 Å². The van der Waals surface area contributed by atoms with Crippen molar-refractivity contribution >= 4 is 11.7 Å². The third-order valence-electron chi connectivity index (χ3n) is 2.83. The second-order valence-corrected chi connectivity index (χ2v) is 4.16. The number of para-hydroxylation sites is 1. The van der Waals surface area contributed by atoms with Gasteiger partial charge in [-0.2, -0.15) is 0 Å². The number of hydrogen-bond donors (Lipinski definition) is 2. The van der Waals surface area contributed by atoms with Gasteiger partial charge in [0.05, 0.1) is 18.4 Å². The lowest BCUT2D eigenvalue weighted by Gasteiger charge is -2.12. The van der Waals surface area contributed by atoms with E-state index < -0.39 is 5.97 Å². The second kappa shape index (κ2) is 5.97. The molecule has 2 rings (SSSR count). The van der Waals surface area contributed by atoms with Gasteiger partial charge >= 0.3 is 5.97 Å². The Balaban J connectivity index is 2.13. The molecule has 5 heteroatoms. The minimum atomic E-state index is -1.02. The number of carboxylic acid groups (broad SMARTS) is 1. The zero-order valence-corrected chi connectivity index (χ0v) is 11.0. The summed E-state index contributed by atoms with van der Waals surface area (Å²) in [5.74, 6) is 0.155. The van der Waals surface area contributed by atoms with Crippen LogP contribution in [0.15, 0.2) is 42.5 Å². The summed E-state index contributed by atoms with van der Waals surface area (Å²) >= 11 is 0. The van der Waals surface area contributed by atoms with Gasteiger partial charge in [0.2, 0.25) is 0 Å². The molecule has 0 heterocycles. The van der Waals surface area contributed by atoms with Crippen LogP contribution in [0.4, 0.5) is 5.69 Å². The van der Waals surface area contributed by atoms with Crippen LogP contribution >= 0.6 is 0 Å². The lowest BCUT2D eigenvalue weighted by molar-refractivity contribution is 0.0697. The van der Waals surface area contributed by atoms with Crippen LogP contribution in [0.2, 0.25) is 0 Å². The van der Waals surface area contributed by atoms with Gasteiger partial charge in [-0.1, -0.05) is 18.2 Å². The number of hydrogen-bond acceptors (Lipinski definition) is 4. The van der Waals surface area contributed by atoms with Gasteiger partial charge in [-0.25, -0.2) is 4.79 Å². The molecule has 0 aromatic heterocycles. The van der Waals surface area contributed by atoms with E-state index in [0.717, 1.165) is 11.3 Å². The van der Waals surface area contributed by atoms with Crippen LogP contribution in [0.3, 0.4) is 0 Å². The van der Waals surface area contributed by atoms with E-state index in [1.54, 1.807) is 13.2 Å². The first-order valence-corrected chi connectivity index (χ1v) is 5.99. The largest absolute Gasteiger partial charge is 0.496 e. The van der Waals surface area contributed by atoms with Crippen molar-refractivity contribution in [1.29, 1.82) is 0 Å². The van der Waals surface area contributed by atoms with E-state index in [1.807, 2.05) is 24.3 Å². The molecule has 0 saturated carbocycles. The molecular weight excluding hydrogens is 258 g/mol. The maximum Gasteiger partial charge on any atom is 0.335 e. The summed E-state index contributed by atoms with van der Waals surface area (Å²) < 4.78 is 10.8. The minimum absolute atomic E-state index is 0.132. The van der Waals surface area contributed by atoms with E-state index in [9.17, 15) is 4.79 Å². The molecule has 5 nitrogen and oxygen atoms in total. The molecule has 0 spiro atoms. The Morgan fingerprint density at radius 1 is 1.20 bits per heavy atom. The molecule has 2 aromatic carbocycles. The summed E-state index contributed by atoms with van der Waals surface area (Å²) in [5.41, 5.74) is 7.08. The molecular formula is C15H15NO4. The SMILES string of the molecule is COc1ccccc1COc1ccc(C(=O)O)cc1N. The number of carboxylic acids is 1. The fourth-order valence-electron chi connectivity index (χ4n) is 1.79. The number of aromatic carboxylic acids is 1. The third kappa shape index (κ3) is 3.00. The van der Waals surface area contributed by atoms with Crippen molar-refractivity contribution in [1.82, 2.24) is 0 Å². The topological polar surface area (TPSA) is 81.8 Å². The lowest BCUT2D eigenvalue weighted by atomic mass is 10.2. The van der Waals surface area contributed by atoms with Gasteiger partial charge in [-0.05, 0) is 24.3 Å². The van der Waals surface area contributed by atoms with Gasteiger partial charge in [0.25, 0.3) is 0 Å². The zero-order valence-electron chi connectivity index (χ0n) is 11.0. The summed E-state index contributed by atoms with van der Waals surface area (Å²) in [7, 11) is 1.59. The van der Waals surface area contributed by atoms with E-state index in [4.69, 9.17) is 20.3 Å². The van der Waals surface area contributed by atoms with E-state index in [0.29, 0.717) is 18.0 Å². The standard InChI is InChI=1S/C15H15NO4/c1-19-13-5-3-2-4-11(13)9-20-14-7-6-10(15(17)18)8-12(14)16/h2-8H,9,16H2,1H3,(H,17,18). The highest BCUT2D eigenvalue weighted by Crippen LogP contribution is 2.25. The van der Waals surface area contributed by atoms with Crippen LogP contribution in [0.1, 0.15) is 15.9 Å². The van der Waals surface area contributed by atoms with Crippen molar-refractivity contribution in [2.45, 2.75) is 6.61 Å². The summed E-state index contributed by atoms with van der Waals surface area (Å²) in [5, 5.41) is 8.86. The molecule has 104 valence electrons. The third-order valence-corrected chi connectivity index (χ3v) is 2.83. The minimum Gasteiger partial charge on any atom is -0.496 e. The lowest BCUT2D eigenvalue weighted by Crippen LogP contribution is -2.03. The van der Waals surface area contributed by atoms with Gasteiger partial charge in [-0.15, -0.1) is 0 Å². The summed E-state index contributed by atoms with van der Waals surface area (Å²) in [6.07, 6.45) is 0. The van der Waals surface area contributed by atoms with Gasteiger partial charge in [0.1, 0.15) is 18.1 Å². The quantitative estimate of drug-likeness (QED) is 0.818.